The number of benzene rings is 1. The van der Waals surface area contributed by atoms with Crippen LogP contribution in [0, 0.1) is 17.2 Å². The summed E-state index contributed by atoms with van der Waals surface area (Å²) in [6.07, 6.45) is 1.87. The lowest BCUT2D eigenvalue weighted by Gasteiger charge is -2.20. The summed E-state index contributed by atoms with van der Waals surface area (Å²) in [5.41, 5.74) is 4.48. The quantitative estimate of drug-likeness (QED) is 0.760. The van der Waals surface area contributed by atoms with Gasteiger partial charge < -0.3 is 4.42 Å². The molecule has 1 aromatic heterocycles. The van der Waals surface area contributed by atoms with Crippen molar-refractivity contribution >= 4 is 11.0 Å². The predicted molar refractivity (Wildman–Crippen MR) is 87.5 cm³/mol. The highest BCUT2D eigenvalue weighted by Gasteiger charge is 2.24. The lowest BCUT2D eigenvalue weighted by atomic mass is 9.84. The Balaban J connectivity index is 2.83. The van der Waals surface area contributed by atoms with Crippen molar-refractivity contribution in [3.05, 3.63) is 34.6 Å². The van der Waals surface area contributed by atoms with Crippen LogP contribution in [0.2, 0.25) is 0 Å². The van der Waals surface area contributed by atoms with Crippen LogP contribution in [0.5, 0.6) is 0 Å². The normalized spacial score (nSPS) is 12.1. The third-order valence-corrected chi connectivity index (χ3v) is 3.88. The maximum Gasteiger partial charge on any atom is 0.207 e. The first-order chi connectivity index (χ1) is 9.77. The van der Waals surface area contributed by atoms with E-state index in [0.717, 1.165) is 29.4 Å². The van der Waals surface area contributed by atoms with Gasteiger partial charge in [0.15, 0.2) is 0 Å². The van der Waals surface area contributed by atoms with E-state index in [0.29, 0.717) is 11.7 Å². The number of fused-ring (bicyclic) bond motifs is 1. The van der Waals surface area contributed by atoms with Crippen molar-refractivity contribution in [1.29, 1.82) is 5.26 Å². The highest BCUT2D eigenvalue weighted by atomic mass is 16.3. The molecule has 0 aliphatic rings. The molecule has 0 amide bonds. The first-order valence-corrected chi connectivity index (χ1v) is 7.76. The van der Waals surface area contributed by atoms with Gasteiger partial charge in [-0.1, -0.05) is 47.6 Å². The van der Waals surface area contributed by atoms with Gasteiger partial charge in [0.2, 0.25) is 5.76 Å². The molecule has 1 heterocycles. The van der Waals surface area contributed by atoms with Gasteiger partial charge in [-0.3, -0.25) is 0 Å². The van der Waals surface area contributed by atoms with Crippen LogP contribution >= 0.6 is 0 Å². The molecule has 0 aliphatic heterocycles. The maximum atomic E-state index is 9.41. The van der Waals surface area contributed by atoms with E-state index in [9.17, 15) is 5.26 Å². The highest BCUT2D eigenvalue weighted by Crippen LogP contribution is 2.36. The molecular weight excluding hydrogens is 258 g/mol. The van der Waals surface area contributed by atoms with E-state index in [2.05, 4.69) is 59.7 Å². The summed E-state index contributed by atoms with van der Waals surface area (Å²) < 4.78 is 5.95. The molecule has 21 heavy (non-hydrogen) atoms. The standard InChI is InChI=1S/C19H25NO/c1-7-13-9-15-14(8-12(2)3)17(11-20)21-18(15)16(10-13)19(4,5)6/h9-10,12H,7-8H2,1-6H3. The summed E-state index contributed by atoms with van der Waals surface area (Å²) in [5, 5.41) is 10.5. The molecule has 0 atom stereocenters. The van der Waals surface area contributed by atoms with Crippen LogP contribution in [-0.2, 0) is 18.3 Å². The lowest BCUT2D eigenvalue weighted by Crippen LogP contribution is -2.12. The zero-order valence-corrected chi connectivity index (χ0v) is 14.0. The van der Waals surface area contributed by atoms with Gasteiger partial charge in [-0.15, -0.1) is 0 Å². The van der Waals surface area contributed by atoms with E-state index in [1.54, 1.807) is 0 Å². The molecule has 0 unspecified atom stereocenters. The van der Waals surface area contributed by atoms with E-state index in [-0.39, 0.29) is 5.41 Å². The van der Waals surface area contributed by atoms with E-state index in [4.69, 9.17) is 4.42 Å². The molecule has 2 rings (SSSR count). The van der Waals surface area contributed by atoms with Crippen LogP contribution in [0.4, 0.5) is 0 Å². The number of furan rings is 1. The van der Waals surface area contributed by atoms with Crippen LogP contribution in [0.25, 0.3) is 11.0 Å². The summed E-state index contributed by atoms with van der Waals surface area (Å²) in [7, 11) is 0. The maximum absolute atomic E-state index is 9.41. The average Bonchev–Trinajstić information content (AvgIpc) is 2.73. The van der Waals surface area contributed by atoms with E-state index < -0.39 is 0 Å². The molecule has 0 saturated carbocycles. The Morgan fingerprint density at radius 3 is 2.38 bits per heavy atom. The Hall–Kier alpha value is -1.75. The van der Waals surface area contributed by atoms with Crippen molar-refractivity contribution in [3.63, 3.8) is 0 Å². The summed E-state index contributed by atoms with van der Waals surface area (Å²) in [4.78, 5) is 0. The van der Waals surface area contributed by atoms with Gasteiger partial charge in [-0.05, 0) is 35.8 Å². The fourth-order valence-corrected chi connectivity index (χ4v) is 2.77. The Morgan fingerprint density at radius 1 is 1.24 bits per heavy atom. The van der Waals surface area contributed by atoms with E-state index >= 15 is 0 Å². The van der Waals surface area contributed by atoms with Crippen molar-refractivity contribution in [3.8, 4) is 6.07 Å². The summed E-state index contributed by atoms with van der Waals surface area (Å²) in [6, 6.07) is 6.67. The van der Waals surface area contributed by atoms with Gasteiger partial charge in [0.05, 0.1) is 0 Å². The first kappa shape index (κ1) is 15.6. The van der Waals surface area contributed by atoms with Crippen LogP contribution in [0.3, 0.4) is 0 Å². The molecule has 1 aromatic carbocycles. The molecule has 0 N–H and O–H groups in total. The minimum atomic E-state index is 0.00309. The summed E-state index contributed by atoms with van der Waals surface area (Å²) in [6.45, 7) is 13.1. The van der Waals surface area contributed by atoms with Gasteiger partial charge in [0.1, 0.15) is 11.7 Å². The second-order valence-electron chi connectivity index (χ2n) is 7.24. The largest absolute Gasteiger partial charge is 0.445 e. The van der Waals surface area contributed by atoms with Crippen LogP contribution in [0.15, 0.2) is 16.5 Å². The second-order valence-corrected chi connectivity index (χ2v) is 7.24. The van der Waals surface area contributed by atoms with Gasteiger partial charge in [0.25, 0.3) is 0 Å². The summed E-state index contributed by atoms with van der Waals surface area (Å²) in [5.74, 6) is 0.985. The average molecular weight is 283 g/mol. The molecule has 0 fully saturated rings. The van der Waals surface area contributed by atoms with Gasteiger partial charge in [-0.25, -0.2) is 0 Å². The minimum Gasteiger partial charge on any atom is -0.445 e. The molecule has 0 radical (unpaired) electrons. The predicted octanol–water partition coefficient (Wildman–Crippen LogP) is 5.36. The van der Waals surface area contributed by atoms with Crippen LogP contribution in [0.1, 0.15) is 64.0 Å². The monoisotopic (exact) mass is 283 g/mol. The number of rotatable bonds is 3. The fourth-order valence-electron chi connectivity index (χ4n) is 2.77. The SMILES string of the molecule is CCc1cc(C(C)(C)C)c2oc(C#N)c(CC(C)C)c2c1. The molecular formula is C19H25NO. The van der Waals surface area contributed by atoms with Gasteiger partial charge in [-0.2, -0.15) is 5.26 Å². The Kier molecular flexibility index (Phi) is 4.14. The Morgan fingerprint density at radius 2 is 1.90 bits per heavy atom. The number of hydrogen-bond donors (Lipinski definition) is 0. The Bertz CT molecular complexity index is 693. The van der Waals surface area contributed by atoms with Crippen molar-refractivity contribution in [2.45, 2.75) is 59.8 Å². The second kappa shape index (κ2) is 5.56. The van der Waals surface area contributed by atoms with Crippen molar-refractivity contribution < 1.29 is 4.42 Å². The lowest BCUT2D eigenvalue weighted by molar-refractivity contribution is 0.546. The summed E-state index contributed by atoms with van der Waals surface area (Å²) >= 11 is 0. The number of nitriles is 1. The molecule has 0 bridgehead atoms. The number of hydrogen-bond acceptors (Lipinski definition) is 2. The number of aryl methyl sites for hydroxylation is 1. The molecule has 2 nitrogen and oxygen atoms in total. The zero-order valence-electron chi connectivity index (χ0n) is 14.0. The molecule has 0 aliphatic carbocycles. The zero-order chi connectivity index (χ0) is 15.8. The third-order valence-electron chi connectivity index (χ3n) is 3.88. The smallest absolute Gasteiger partial charge is 0.207 e. The van der Waals surface area contributed by atoms with E-state index in [1.165, 1.54) is 11.1 Å². The van der Waals surface area contributed by atoms with Crippen LogP contribution < -0.4 is 0 Å². The van der Waals surface area contributed by atoms with Gasteiger partial charge >= 0.3 is 0 Å². The van der Waals surface area contributed by atoms with Crippen molar-refractivity contribution in [1.82, 2.24) is 0 Å². The van der Waals surface area contributed by atoms with Crippen molar-refractivity contribution in [2.24, 2.45) is 5.92 Å². The Labute approximate surface area is 127 Å². The first-order valence-electron chi connectivity index (χ1n) is 7.76. The van der Waals surface area contributed by atoms with Gasteiger partial charge in [0, 0.05) is 16.5 Å². The number of nitrogens with zero attached hydrogens (tertiary/aromatic N) is 1. The van der Waals surface area contributed by atoms with Crippen molar-refractivity contribution in [2.75, 3.05) is 0 Å². The molecule has 112 valence electrons. The molecule has 2 heteroatoms. The molecule has 0 saturated heterocycles. The molecule has 0 spiro atoms. The molecule has 2 aromatic rings. The minimum absolute atomic E-state index is 0.00309. The van der Waals surface area contributed by atoms with E-state index in [1.807, 2.05) is 0 Å². The highest BCUT2D eigenvalue weighted by molar-refractivity contribution is 5.87. The third kappa shape index (κ3) is 2.97. The van der Waals surface area contributed by atoms with Crippen LogP contribution in [-0.4, -0.2) is 0 Å². The fraction of sp³-hybridized carbons (Fsp3) is 0.526. The topological polar surface area (TPSA) is 36.9 Å².